The maximum atomic E-state index is 12.2. The van der Waals surface area contributed by atoms with Crippen molar-refractivity contribution in [1.29, 1.82) is 0 Å². The quantitative estimate of drug-likeness (QED) is 0.544. The van der Waals surface area contributed by atoms with Gasteiger partial charge in [0.2, 0.25) is 0 Å². The fourth-order valence-corrected chi connectivity index (χ4v) is 2.47. The molecule has 0 bridgehead atoms. The minimum atomic E-state index is -0.483. The number of ether oxygens (including phenoxy) is 3. The van der Waals surface area contributed by atoms with E-state index in [0.29, 0.717) is 28.3 Å². The van der Waals surface area contributed by atoms with Crippen LogP contribution >= 0.6 is 11.7 Å². The van der Waals surface area contributed by atoms with Gasteiger partial charge in [-0.3, -0.25) is 0 Å². The fourth-order valence-electron chi connectivity index (χ4n) is 1.95. The second kappa shape index (κ2) is 5.98. The molecular weight excluding hydrogens is 304 g/mol. The van der Waals surface area contributed by atoms with Crippen LogP contribution in [0, 0.1) is 0 Å². The fraction of sp³-hybridized carbons (Fsp3) is 0.133. The Labute approximate surface area is 130 Å². The maximum absolute atomic E-state index is 12.2. The Morgan fingerprint density at radius 1 is 0.955 bits per heavy atom. The van der Waals surface area contributed by atoms with Gasteiger partial charge < -0.3 is 14.2 Å². The van der Waals surface area contributed by atoms with Gasteiger partial charge in [-0.2, -0.15) is 8.75 Å². The highest BCUT2D eigenvalue weighted by Gasteiger charge is 2.13. The molecule has 0 fully saturated rings. The van der Waals surface area contributed by atoms with Gasteiger partial charge in [-0.1, -0.05) is 0 Å². The molecule has 0 radical (unpaired) electrons. The summed E-state index contributed by atoms with van der Waals surface area (Å²) in [5, 5.41) is 0. The number of fused-ring (bicyclic) bond motifs is 1. The minimum Gasteiger partial charge on any atom is -0.493 e. The summed E-state index contributed by atoms with van der Waals surface area (Å²) in [5.74, 6) is 0.952. The van der Waals surface area contributed by atoms with Crippen LogP contribution in [0.15, 0.2) is 36.4 Å². The molecule has 1 heterocycles. The summed E-state index contributed by atoms with van der Waals surface area (Å²) in [6.45, 7) is 0. The van der Waals surface area contributed by atoms with E-state index in [4.69, 9.17) is 14.2 Å². The van der Waals surface area contributed by atoms with E-state index in [-0.39, 0.29) is 0 Å². The van der Waals surface area contributed by atoms with Crippen LogP contribution in [0.4, 0.5) is 0 Å². The predicted octanol–water partition coefficient (Wildman–Crippen LogP) is 2.93. The van der Waals surface area contributed by atoms with Crippen molar-refractivity contribution >= 4 is 28.7 Å². The zero-order chi connectivity index (χ0) is 15.5. The second-order valence-electron chi connectivity index (χ2n) is 4.37. The molecule has 0 N–H and O–H groups in total. The monoisotopic (exact) mass is 316 g/mol. The van der Waals surface area contributed by atoms with Crippen molar-refractivity contribution in [2.75, 3.05) is 14.2 Å². The van der Waals surface area contributed by atoms with Crippen molar-refractivity contribution in [1.82, 2.24) is 8.75 Å². The van der Waals surface area contributed by atoms with E-state index in [0.717, 1.165) is 17.2 Å². The number of esters is 1. The summed E-state index contributed by atoms with van der Waals surface area (Å²) in [4.78, 5) is 12.2. The summed E-state index contributed by atoms with van der Waals surface area (Å²) in [6, 6.07) is 9.97. The highest BCUT2D eigenvalue weighted by molar-refractivity contribution is 7.00. The zero-order valence-electron chi connectivity index (χ0n) is 11.9. The normalized spacial score (nSPS) is 10.5. The number of aromatic nitrogens is 2. The van der Waals surface area contributed by atoms with Gasteiger partial charge in [-0.25, -0.2) is 4.79 Å². The lowest BCUT2D eigenvalue weighted by Gasteiger charge is -2.09. The van der Waals surface area contributed by atoms with E-state index in [2.05, 4.69) is 8.75 Å². The molecule has 2 aromatic carbocycles. The van der Waals surface area contributed by atoms with Gasteiger partial charge in [0, 0.05) is 6.07 Å². The molecule has 22 heavy (non-hydrogen) atoms. The van der Waals surface area contributed by atoms with Gasteiger partial charge in [-0.05, 0) is 30.3 Å². The van der Waals surface area contributed by atoms with E-state index in [9.17, 15) is 4.79 Å². The van der Waals surface area contributed by atoms with Gasteiger partial charge in [0.25, 0.3) is 0 Å². The first kappa shape index (κ1) is 14.3. The largest absolute Gasteiger partial charge is 0.493 e. The third-order valence-corrected chi connectivity index (χ3v) is 3.61. The van der Waals surface area contributed by atoms with E-state index in [1.807, 2.05) is 0 Å². The molecule has 3 aromatic rings. The van der Waals surface area contributed by atoms with Crippen molar-refractivity contribution in [2.45, 2.75) is 0 Å². The molecular formula is C15H12N2O4S. The van der Waals surface area contributed by atoms with Crippen molar-refractivity contribution in [3.8, 4) is 17.2 Å². The SMILES string of the molecule is COc1ccc(C(=O)Oc2ccc3nsnc3c2)cc1OC. The zero-order valence-corrected chi connectivity index (χ0v) is 12.7. The maximum Gasteiger partial charge on any atom is 0.343 e. The molecule has 0 amide bonds. The molecule has 6 nitrogen and oxygen atoms in total. The van der Waals surface area contributed by atoms with Crippen LogP contribution in [-0.4, -0.2) is 28.9 Å². The molecule has 7 heteroatoms. The number of methoxy groups -OCH3 is 2. The number of carbonyl (C=O) groups excluding carboxylic acids is 1. The Bertz CT molecular complexity index is 831. The molecule has 0 aliphatic heterocycles. The molecule has 0 saturated heterocycles. The number of nitrogens with zero attached hydrogens (tertiary/aromatic N) is 2. The molecule has 0 aliphatic rings. The van der Waals surface area contributed by atoms with Gasteiger partial charge in [-0.15, -0.1) is 0 Å². The lowest BCUT2D eigenvalue weighted by Crippen LogP contribution is -2.08. The van der Waals surface area contributed by atoms with Crippen LogP contribution in [0.5, 0.6) is 17.2 Å². The van der Waals surface area contributed by atoms with Gasteiger partial charge in [0.1, 0.15) is 16.8 Å². The van der Waals surface area contributed by atoms with E-state index >= 15 is 0 Å². The highest BCUT2D eigenvalue weighted by Crippen LogP contribution is 2.28. The van der Waals surface area contributed by atoms with Crippen LogP contribution in [0.1, 0.15) is 10.4 Å². The number of hydrogen-bond donors (Lipinski definition) is 0. The first-order chi connectivity index (χ1) is 10.7. The standard InChI is InChI=1S/C15H12N2O4S/c1-19-13-6-3-9(7-14(13)20-2)15(18)21-10-4-5-11-12(8-10)17-22-16-11/h3-8H,1-2H3. The van der Waals surface area contributed by atoms with Crippen LogP contribution in [0.25, 0.3) is 11.0 Å². The smallest absolute Gasteiger partial charge is 0.343 e. The minimum absolute atomic E-state index is 0.370. The Morgan fingerprint density at radius 3 is 2.50 bits per heavy atom. The molecule has 0 spiro atoms. The molecule has 3 rings (SSSR count). The third-order valence-electron chi connectivity index (χ3n) is 3.06. The molecule has 0 saturated carbocycles. The Hall–Kier alpha value is -2.67. The summed E-state index contributed by atoms with van der Waals surface area (Å²) in [5.41, 5.74) is 1.84. The summed E-state index contributed by atoms with van der Waals surface area (Å²) in [6.07, 6.45) is 0. The number of rotatable bonds is 4. The van der Waals surface area contributed by atoms with E-state index in [1.165, 1.54) is 14.2 Å². The number of carbonyl (C=O) groups is 1. The molecule has 1 aromatic heterocycles. The lowest BCUT2D eigenvalue weighted by atomic mass is 10.2. The summed E-state index contributed by atoms with van der Waals surface area (Å²) in [7, 11) is 3.04. The van der Waals surface area contributed by atoms with Crippen LogP contribution in [-0.2, 0) is 0 Å². The second-order valence-corrected chi connectivity index (χ2v) is 4.90. The van der Waals surface area contributed by atoms with Crippen LogP contribution in [0.2, 0.25) is 0 Å². The van der Waals surface area contributed by atoms with E-state index in [1.54, 1.807) is 36.4 Å². The number of hydrogen-bond acceptors (Lipinski definition) is 7. The van der Waals surface area contributed by atoms with Crippen molar-refractivity contribution in [3.63, 3.8) is 0 Å². The van der Waals surface area contributed by atoms with Gasteiger partial charge in [0.05, 0.1) is 31.5 Å². The first-order valence-corrected chi connectivity index (χ1v) is 7.11. The van der Waals surface area contributed by atoms with Crippen LogP contribution < -0.4 is 14.2 Å². The van der Waals surface area contributed by atoms with Crippen molar-refractivity contribution < 1.29 is 19.0 Å². The van der Waals surface area contributed by atoms with Crippen molar-refractivity contribution in [3.05, 3.63) is 42.0 Å². The van der Waals surface area contributed by atoms with Crippen molar-refractivity contribution in [2.24, 2.45) is 0 Å². The highest BCUT2D eigenvalue weighted by atomic mass is 32.1. The lowest BCUT2D eigenvalue weighted by molar-refractivity contribution is 0.0734. The summed E-state index contributed by atoms with van der Waals surface area (Å²) < 4.78 is 23.9. The molecule has 0 aliphatic carbocycles. The average molecular weight is 316 g/mol. The average Bonchev–Trinajstić information content (AvgIpc) is 3.01. The van der Waals surface area contributed by atoms with Gasteiger partial charge in [0.15, 0.2) is 11.5 Å². The Morgan fingerprint density at radius 2 is 1.73 bits per heavy atom. The first-order valence-electron chi connectivity index (χ1n) is 6.38. The predicted molar refractivity (Wildman–Crippen MR) is 81.9 cm³/mol. The molecule has 112 valence electrons. The summed E-state index contributed by atoms with van der Waals surface area (Å²) >= 11 is 1.11. The van der Waals surface area contributed by atoms with Gasteiger partial charge >= 0.3 is 5.97 Å². The van der Waals surface area contributed by atoms with Crippen LogP contribution in [0.3, 0.4) is 0 Å². The molecule has 0 unspecified atom stereocenters. The van der Waals surface area contributed by atoms with E-state index < -0.39 is 5.97 Å². The third kappa shape index (κ3) is 2.71. The number of benzene rings is 2. The Balaban J connectivity index is 1.84. The molecule has 0 atom stereocenters. The Kier molecular flexibility index (Phi) is 3.88. The topological polar surface area (TPSA) is 70.5 Å².